The van der Waals surface area contributed by atoms with Gasteiger partial charge in [0.1, 0.15) is 11.4 Å². The molecule has 0 aliphatic carbocycles. The van der Waals surface area contributed by atoms with Crippen LogP contribution in [0, 0.1) is 5.82 Å². The number of rotatable bonds is 4. The van der Waals surface area contributed by atoms with Gasteiger partial charge in [-0.3, -0.25) is 14.8 Å². The number of nitrogens with one attached hydrogen (secondary N) is 1. The summed E-state index contributed by atoms with van der Waals surface area (Å²) < 4.78 is 14.5. The lowest BCUT2D eigenvalue weighted by molar-refractivity contribution is 0.430. The number of aromatic amines is 1. The van der Waals surface area contributed by atoms with Crippen LogP contribution < -0.4 is 11.2 Å². The number of aliphatic imine (C=N–C) groups is 1. The molecule has 0 amide bonds. The first-order valence-electron chi connectivity index (χ1n) is 7.55. The van der Waals surface area contributed by atoms with Gasteiger partial charge >= 0.3 is 5.69 Å². The van der Waals surface area contributed by atoms with Crippen LogP contribution in [0.2, 0.25) is 5.02 Å². The Hall–Kier alpha value is -3.19. The van der Waals surface area contributed by atoms with Crippen molar-refractivity contribution in [1.82, 2.24) is 9.55 Å². The zero-order valence-corrected chi connectivity index (χ0v) is 14.1. The number of para-hydroxylation sites is 1. The minimum absolute atomic E-state index is 0.0310. The van der Waals surface area contributed by atoms with Crippen LogP contribution in [0.15, 0.2) is 63.1 Å². The topological polar surface area (TPSA) is 87.5 Å². The van der Waals surface area contributed by atoms with Gasteiger partial charge < -0.3 is 5.11 Å². The number of nitrogens with zero attached hydrogens (tertiary/aromatic N) is 2. The number of H-pyrrole nitrogens is 1. The maximum absolute atomic E-state index is 13.6. The highest BCUT2D eigenvalue weighted by molar-refractivity contribution is 6.32. The molecule has 0 radical (unpaired) electrons. The number of aromatic nitrogens is 2. The Morgan fingerprint density at radius 3 is 2.58 bits per heavy atom. The maximum atomic E-state index is 13.6. The zero-order chi connectivity index (χ0) is 18.7. The molecule has 0 atom stereocenters. The fourth-order valence-corrected chi connectivity index (χ4v) is 2.59. The van der Waals surface area contributed by atoms with E-state index in [0.29, 0.717) is 5.56 Å². The van der Waals surface area contributed by atoms with E-state index in [-0.39, 0.29) is 22.8 Å². The fraction of sp³-hybridized carbons (Fsp3) is 0.0556. The van der Waals surface area contributed by atoms with Crippen LogP contribution in [0.25, 0.3) is 5.69 Å². The third-order valence-electron chi connectivity index (χ3n) is 3.65. The zero-order valence-electron chi connectivity index (χ0n) is 13.3. The Balaban J connectivity index is 2.03. The number of benzene rings is 2. The average Bonchev–Trinajstić information content (AvgIpc) is 2.60. The smallest absolute Gasteiger partial charge is 0.335 e. The van der Waals surface area contributed by atoms with Gasteiger partial charge in [0.25, 0.3) is 5.56 Å². The molecule has 3 aromatic rings. The molecule has 2 N–H and O–H groups in total. The first-order valence-corrected chi connectivity index (χ1v) is 7.93. The fourth-order valence-electron chi connectivity index (χ4n) is 2.37. The third kappa shape index (κ3) is 3.43. The molecule has 0 bridgehead atoms. The molecule has 1 heterocycles. The summed E-state index contributed by atoms with van der Waals surface area (Å²) in [4.78, 5) is 30.2. The molecule has 1 aromatic heterocycles. The number of hydrogen-bond acceptors (Lipinski definition) is 4. The van der Waals surface area contributed by atoms with Gasteiger partial charge in [-0.25, -0.2) is 13.8 Å². The summed E-state index contributed by atoms with van der Waals surface area (Å²) in [6, 6.07) is 12.4. The van der Waals surface area contributed by atoms with Crippen molar-refractivity contribution < 1.29 is 9.50 Å². The first-order chi connectivity index (χ1) is 12.5. The molecule has 0 fully saturated rings. The SMILES string of the molecule is O=c1[nH]c(=O)n(-c2ccccc2Cl)c(O)c1C=NCc1ccccc1F. The van der Waals surface area contributed by atoms with Gasteiger partial charge in [-0.05, 0) is 18.2 Å². The molecule has 0 aliphatic rings. The van der Waals surface area contributed by atoms with Crippen molar-refractivity contribution in [2.45, 2.75) is 6.54 Å². The van der Waals surface area contributed by atoms with E-state index in [0.717, 1.165) is 10.8 Å². The van der Waals surface area contributed by atoms with E-state index in [2.05, 4.69) is 9.98 Å². The van der Waals surface area contributed by atoms with E-state index < -0.39 is 22.9 Å². The minimum atomic E-state index is -0.841. The molecule has 8 heteroatoms. The Morgan fingerprint density at radius 1 is 1.15 bits per heavy atom. The summed E-state index contributed by atoms with van der Waals surface area (Å²) in [6.07, 6.45) is 1.09. The number of halogens is 2. The molecule has 0 unspecified atom stereocenters. The highest BCUT2D eigenvalue weighted by Gasteiger charge is 2.15. The summed E-state index contributed by atoms with van der Waals surface area (Å²) in [5, 5.41) is 10.6. The molecule has 132 valence electrons. The van der Waals surface area contributed by atoms with Crippen molar-refractivity contribution in [3.63, 3.8) is 0 Å². The van der Waals surface area contributed by atoms with Gasteiger partial charge in [0.15, 0.2) is 0 Å². The van der Waals surface area contributed by atoms with E-state index in [1.807, 2.05) is 0 Å². The Morgan fingerprint density at radius 2 is 1.85 bits per heavy atom. The van der Waals surface area contributed by atoms with Crippen LogP contribution in [0.3, 0.4) is 0 Å². The molecule has 2 aromatic carbocycles. The Labute approximate surface area is 151 Å². The molecule has 0 aliphatic heterocycles. The Bertz CT molecular complexity index is 1110. The highest BCUT2D eigenvalue weighted by atomic mass is 35.5. The second kappa shape index (κ2) is 7.37. The average molecular weight is 374 g/mol. The molecule has 6 nitrogen and oxygen atoms in total. The molecule has 0 saturated carbocycles. The van der Waals surface area contributed by atoms with Crippen LogP contribution in [0.5, 0.6) is 5.88 Å². The van der Waals surface area contributed by atoms with Crippen molar-refractivity contribution in [2.75, 3.05) is 0 Å². The van der Waals surface area contributed by atoms with Gasteiger partial charge in [-0.1, -0.05) is 41.9 Å². The summed E-state index contributed by atoms with van der Waals surface area (Å²) >= 11 is 6.06. The summed E-state index contributed by atoms with van der Waals surface area (Å²) in [7, 11) is 0. The van der Waals surface area contributed by atoms with E-state index in [1.54, 1.807) is 36.4 Å². The van der Waals surface area contributed by atoms with Crippen molar-refractivity contribution in [1.29, 1.82) is 0 Å². The largest absolute Gasteiger partial charge is 0.493 e. The lowest BCUT2D eigenvalue weighted by Crippen LogP contribution is -2.31. The van der Waals surface area contributed by atoms with E-state index in [9.17, 15) is 19.1 Å². The first kappa shape index (κ1) is 17.6. The van der Waals surface area contributed by atoms with Gasteiger partial charge in [0.05, 0.1) is 17.3 Å². The summed E-state index contributed by atoms with van der Waals surface area (Å²) in [5.41, 5.74) is -1.35. The van der Waals surface area contributed by atoms with Crippen LogP contribution in [0.1, 0.15) is 11.1 Å². The number of hydrogen-bond donors (Lipinski definition) is 2. The van der Waals surface area contributed by atoms with E-state index >= 15 is 0 Å². The summed E-state index contributed by atoms with van der Waals surface area (Å²) in [6.45, 7) is -0.0310. The van der Waals surface area contributed by atoms with Gasteiger partial charge in [0.2, 0.25) is 5.88 Å². The highest BCUT2D eigenvalue weighted by Crippen LogP contribution is 2.22. The van der Waals surface area contributed by atoms with Crippen molar-refractivity contribution >= 4 is 17.8 Å². The predicted octanol–water partition coefficient (Wildman–Crippen LogP) is 2.64. The molecular formula is C18H13ClFN3O3. The monoisotopic (exact) mass is 373 g/mol. The quantitative estimate of drug-likeness (QED) is 0.689. The molecule has 26 heavy (non-hydrogen) atoms. The number of aromatic hydroxyl groups is 1. The van der Waals surface area contributed by atoms with Crippen molar-refractivity contribution in [2.24, 2.45) is 4.99 Å². The van der Waals surface area contributed by atoms with E-state index in [4.69, 9.17) is 11.6 Å². The third-order valence-corrected chi connectivity index (χ3v) is 3.97. The van der Waals surface area contributed by atoms with Gasteiger partial charge in [0, 0.05) is 11.8 Å². The van der Waals surface area contributed by atoms with Crippen LogP contribution in [-0.2, 0) is 6.54 Å². The van der Waals surface area contributed by atoms with Crippen LogP contribution in [-0.4, -0.2) is 20.9 Å². The van der Waals surface area contributed by atoms with Gasteiger partial charge in [-0.15, -0.1) is 0 Å². The van der Waals surface area contributed by atoms with Gasteiger partial charge in [-0.2, -0.15) is 0 Å². The second-order valence-electron chi connectivity index (χ2n) is 5.34. The Kier molecular flexibility index (Phi) is 4.99. The minimum Gasteiger partial charge on any atom is -0.493 e. The second-order valence-corrected chi connectivity index (χ2v) is 5.75. The lowest BCUT2D eigenvalue weighted by atomic mass is 10.2. The molecular weight excluding hydrogens is 361 g/mol. The molecule has 0 saturated heterocycles. The lowest BCUT2D eigenvalue weighted by Gasteiger charge is -2.10. The maximum Gasteiger partial charge on any atom is 0.335 e. The van der Waals surface area contributed by atoms with Crippen molar-refractivity contribution in [3.8, 4) is 11.6 Å². The van der Waals surface area contributed by atoms with Crippen LogP contribution >= 0.6 is 11.6 Å². The van der Waals surface area contributed by atoms with E-state index in [1.165, 1.54) is 12.1 Å². The molecule has 0 spiro atoms. The van der Waals surface area contributed by atoms with Crippen LogP contribution in [0.4, 0.5) is 4.39 Å². The predicted molar refractivity (Wildman–Crippen MR) is 97.0 cm³/mol. The standard InChI is InChI=1S/C18H13ClFN3O3/c19-13-6-2-4-8-15(13)23-17(25)12(16(24)22-18(23)26)10-21-9-11-5-1-3-7-14(11)20/h1-8,10,25H,9H2,(H,22,24,26). The molecule has 3 rings (SSSR count). The normalized spacial score (nSPS) is 11.2. The van der Waals surface area contributed by atoms with Crippen molar-refractivity contribution in [3.05, 3.63) is 91.3 Å². The summed E-state index contributed by atoms with van der Waals surface area (Å²) in [5.74, 6) is -1.03.